The van der Waals surface area contributed by atoms with Gasteiger partial charge in [0.1, 0.15) is 12.7 Å². The van der Waals surface area contributed by atoms with Crippen LogP contribution in [0, 0.1) is 0 Å². The summed E-state index contributed by atoms with van der Waals surface area (Å²) in [6.45, 7) is 6.43. The van der Waals surface area contributed by atoms with Gasteiger partial charge in [0.15, 0.2) is 5.66 Å². The number of esters is 2. The average molecular weight is 551 g/mol. The summed E-state index contributed by atoms with van der Waals surface area (Å²) in [6, 6.07) is 0. The Labute approximate surface area is 240 Å². The summed E-state index contributed by atoms with van der Waals surface area (Å²) in [5, 5.41) is 8.57. The maximum Gasteiger partial charge on any atom is 0.306 e. The maximum atomic E-state index is 12.1. The zero-order chi connectivity index (χ0) is 28.4. The number of hydrogen-bond donors (Lipinski definition) is 0. The molecule has 6 nitrogen and oxygen atoms in total. The molecule has 1 aliphatic rings. The van der Waals surface area contributed by atoms with Crippen molar-refractivity contribution < 1.29 is 19.1 Å². The number of carbonyl (C=O) groups excluding carboxylic acids is 2. The largest absolute Gasteiger partial charge is 0.462 e. The Morgan fingerprint density at radius 2 is 0.974 bits per heavy atom. The Balaban J connectivity index is 1.84. The highest BCUT2D eigenvalue weighted by atomic mass is 16.6. The van der Waals surface area contributed by atoms with Gasteiger partial charge in [-0.1, -0.05) is 123 Å². The fourth-order valence-electron chi connectivity index (χ4n) is 5.13. The van der Waals surface area contributed by atoms with E-state index >= 15 is 0 Å². The summed E-state index contributed by atoms with van der Waals surface area (Å²) in [7, 11) is 0. The van der Waals surface area contributed by atoms with Gasteiger partial charge in [-0.25, -0.2) is 0 Å². The highest BCUT2D eigenvalue weighted by Crippen LogP contribution is 2.38. The number of hydrogen-bond acceptors (Lipinski definition) is 6. The van der Waals surface area contributed by atoms with Crippen molar-refractivity contribution in [2.75, 3.05) is 6.61 Å². The van der Waals surface area contributed by atoms with E-state index in [9.17, 15) is 9.59 Å². The Morgan fingerprint density at radius 1 is 0.564 bits per heavy atom. The van der Waals surface area contributed by atoms with E-state index in [1.54, 1.807) is 6.92 Å². The molecule has 0 aromatic heterocycles. The molecule has 39 heavy (non-hydrogen) atoms. The van der Waals surface area contributed by atoms with Crippen LogP contribution in [0.1, 0.15) is 181 Å². The molecule has 0 bridgehead atoms. The van der Waals surface area contributed by atoms with Gasteiger partial charge in [0.05, 0.1) is 0 Å². The van der Waals surface area contributed by atoms with Crippen molar-refractivity contribution in [3.63, 3.8) is 0 Å². The van der Waals surface area contributed by atoms with Gasteiger partial charge in [0.2, 0.25) is 0 Å². The SMILES string of the molecule is CCCCCCCCCCCCCC(=O)OCC(C)OC(=O)CCCCCCCCCCC1(CCCC)N=N1. The standard InChI is InChI=1S/C33H62N2O4/c1-4-6-8-9-10-11-12-13-16-19-22-25-31(36)38-29-30(3)39-32(37)26-23-20-17-14-15-18-21-24-28-33(34-35-33)27-7-5-2/h30H,4-29H2,1-3H3. The zero-order valence-electron chi connectivity index (χ0n) is 26.0. The second kappa shape index (κ2) is 24.3. The second-order valence-corrected chi connectivity index (χ2v) is 11.9. The first-order valence-electron chi connectivity index (χ1n) is 16.8. The number of nitrogens with zero attached hydrogens (tertiary/aromatic N) is 2. The molecule has 1 atom stereocenters. The monoisotopic (exact) mass is 550 g/mol. The molecule has 228 valence electrons. The lowest BCUT2D eigenvalue weighted by atomic mass is 9.98. The molecular formula is C33H62N2O4. The van der Waals surface area contributed by atoms with E-state index in [2.05, 4.69) is 24.1 Å². The fourth-order valence-corrected chi connectivity index (χ4v) is 5.13. The summed E-state index contributed by atoms with van der Waals surface area (Å²) >= 11 is 0. The smallest absolute Gasteiger partial charge is 0.306 e. The molecule has 6 heteroatoms. The number of carbonyl (C=O) groups is 2. The van der Waals surface area contributed by atoms with E-state index in [1.165, 1.54) is 109 Å². The molecule has 0 amide bonds. The summed E-state index contributed by atoms with van der Waals surface area (Å²) in [5.74, 6) is -0.362. The van der Waals surface area contributed by atoms with Crippen molar-refractivity contribution in [2.45, 2.75) is 193 Å². The number of unbranched alkanes of at least 4 members (excludes halogenated alkanes) is 18. The molecular weight excluding hydrogens is 488 g/mol. The number of ether oxygens (including phenoxy) is 2. The minimum Gasteiger partial charge on any atom is -0.462 e. The van der Waals surface area contributed by atoms with Crippen LogP contribution in [-0.4, -0.2) is 30.3 Å². The second-order valence-electron chi connectivity index (χ2n) is 11.9. The van der Waals surface area contributed by atoms with Crippen LogP contribution in [0.4, 0.5) is 0 Å². The Hall–Kier alpha value is -1.46. The molecule has 0 radical (unpaired) electrons. The average Bonchev–Trinajstić information content (AvgIpc) is 3.70. The van der Waals surface area contributed by atoms with E-state index < -0.39 is 0 Å². The van der Waals surface area contributed by atoms with Crippen molar-refractivity contribution >= 4 is 11.9 Å². The van der Waals surface area contributed by atoms with Gasteiger partial charge < -0.3 is 9.47 Å². The lowest BCUT2D eigenvalue weighted by Crippen LogP contribution is -2.22. The Bertz CT molecular complexity index is 631. The van der Waals surface area contributed by atoms with Gasteiger partial charge in [-0.3, -0.25) is 9.59 Å². The van der Waals surface area contributed by atoms with Crippen LogP contribution in [0.25, 0.3) is 0 Å². The van der Waals surface area contributed by atoms with Crippen molar-refractivity contribution in [1.82, 2.24) is 0 Å². The molecule has 0 aliphatic carbocycles. The predicted octanol–water partition coefficient (Wildman–Crippen LogP) is 10.4. The van der Waals surface area contributed by atoms with Gasteiger partial charge >= 0.3 is 11.9 Å². The minimum atomic E-state index is -0.379. The minimum absolute atomic E-state index is 0.00987. The highest BCUT2D eigenvalue weighted by molar-refractivity contribution is 5.70. The van der Waals surface area contributed by atoms with Crippen molar-refractivity contribution in [3.05, 3.63) is 0 Å². The third-order valence-electron chi connectivity index (χ3n) is 7.82. The Kier molecular flexibility index (Phi) is 22.2. The maximum absolute atomic E-state index is 12.1. The summed E-state index contributed by atoms with van der Waals surface area (Å²) in [4.78, 5) is 24.0. The van der Waals surface area contributed by atoms with Gasteiger partial charge in [-0.05, 0) is 45.4 Å². The van der Waals surface area contributed by atoms with E-state index in [0.29, 0.717) is 12.8 Å². The van der Waals surface area contributed by atoms with E-state index in [-0.39, 0.29) is 30.3 Å². The molecule has 0 fully saturated rings. The summed E-state index contributed by atoms with van der Waals surface area (Å²) < 4.78 is 10.7. The van der Waals surface area contributed by atoms with Crippen molar-refractivity contribution in [2.24, 2.45) is 10.2 Å². The zero-order valence-corrected chi connectivity index (χ0v) is 26.0. The van der Waals surface area contributed by atoms with E-state index in [4.69, 9.17) is 9.47 Å². The third-order valence-corrected chi connectivity index (χ3v) is 7.82. The van der Waals surface area contributed by atoms with Gasteiger partial charge in [0, 0.05) is 12.8 Å². The van der Waals surface area contributed by atoms with Crippen LogP contribution in [0.5, 0.6) is 0 Å². The topological polar surface area (TPSA) is 77.3 Å². The predicted molar refractivity (Wildman–Crippen MR) is 161 cm³/mol. The van der Waals surface area contributed by atoms with Crippen LogP contribution in [0.15, 0.2) is 10.2 Å². The quantitative estimate of drug-likeness (QED) is 0.0685. The van der Waals surface area contributed by atoms with Crippen LogP contribution >= 0.6 is 0 Å². The molecule has 1 heterocycles. The fraction of sp³-hybridized carbons (Fsp3) is 0.939. The van der Waals surface area contributed by atoms with Crippen LogP contribution in [0.2, 0.25) is 0 Å². The molecule has 0 aromatic rings. The number of rotatable bonds is 29. The van der Waals surface area contributed by atoms with Crippen LogP contribution in [-0.2, 0) is 19.1 Å². The third kappa shape index (κ3) is 22.0. The van der Waals surface area contributed by atoms with Crippen molar-refractivity contribution in [1.29, 1.82) is 0 Å². The lowest BCUT2D eigenvalue weighted by molar-refractivity contribution is -0.158. The van der Waals surface area contributed by atoms with Gasteiger partial charge in [0.25, 0.3) is 0 Å². The van der Waals surface area contributed by atoms with Crippen LogP contribution < -0.4 is 0 Å². The normalized spacial score (nSPS) is 14.3. The molecule has 0 saturated carbocycles. The first kappa shape index (κ1) is 35.6. The molecule has 0 N–H and O–H groups in total. The summed E-state index contributed by atoms with van der Waals surface area (Å²) in [5.41, 5.74) is 0.00987. The van der Waals surface area contributed by atoms with Gasteiger partial charge in [-0.15, -0.1) is 0 Å². The molecule has 1 unspecified atom stereocenters. The highest BCUT2D eigenvalue weighted by Gasteiger charge is 2.37. The van der Waals surface area contributed by atoms with E-state index in [0.717, 1.165) is 38.5 Å². The van der Waals surface area contributed by atoms with Crippen LogP contribution in [0.3, 0.4) is 0 Å². The van der Waals surface area contributed by atoms with E-state index in [1.807, 2.05) is 0 Å². The lowest BCUT2D eigenvalue weighted by Gasteiger charge is -2.13. The first-order valence-corrected chi connectivity index (χ1v) is 16.8. The molecule has 0 saturated heterocycles. The molecule has 0 aromatic carbocycles. The molecule has 1 aliphatic heterocycles. The first-order chi connectivity index (χ1) is 19.0. The molecule has 0 spiro atoms. The summed E-state index contributed by atoms with van der Waals surface area (Å²) in [6.07, 6.45) is 28.5. The van der Waals surface area contributed by atoms with Gasteiger partial charge in [-0.2, -0.15) is 10.2 Å². The van der Waals surface area contributed by atoms with Crippen molar-refractivity contribution in [3.8, 4) is 0 Å². The Morgan fingerprint density at radius 3 is 1.46 bits per heavy atom. The molecule has 1 rings (SSSR count).